The van der Waals surface area contributed by atoms with Gasteiger partial charge >= 0.3 is 0 Å². The Bertz CT molecular complexity index is 167. The van der Waals surface area contributed by atoms with Crippen LogP contribution in [-0.2, 0) is 0 Å². The molecule has 4 rings (SSSR count). The van der Waals surface area contributed by atoms with Crippen molar-refractivity contribution in [1.82, 2.24) is 0 Å². The zero-order valence-electron chi connectivity index (χ0n) is 3.96. The van der Waals surface area contributed by atoms with E-state index in [9.17, 15) is 0 Å². The zero-order chi connectivity index (χ0) is 4.43. The number of allylic oxidation sites excluding steroid dienone is 4. The van der Waals surface area contributed by atoms with Gasteiger partial charge < -0.3 is 0 Å². The Morgan fingerprint density at radius 2 is 2.14 bits per heavy atom. The van der Waals surface area contributed by atoms with Crippen molar-refractivity contribution in [2.75, 3.05) is 0 Å². The van der Waals surface area contributed by atoms with E-state index in [0.717, 1.165) is 17.8 Å². The van der Waals surface area contributed by atoms with E-state index in [1.165, 1.54) is 0 Å². The molecule has 4 aliphatic carbocycles. The maximum atomic E-state index is 2.34. The van der Waals surface area contributed by atoms with Crippen molar-refractivity contribution in [2.45, 2.75) is 0 Å². The van der Waals surface area contributed by atoms with Crippen molar-refractivity contribution < 1.29 is 0 Å². The van der Waals surface area contributed by atoms with Crippen LogP contribution < -0.4 is 0 Å². The van der Waals surface area contributed by atoms with Gasteiger partial charge in [-0.05, 0) is 17.8 Å². The fourth-order valence-corrected chi connectivity index (χ4v) is 1.74. The number of fused-ring (bicyclic) bond motifs is 1. The second-order valence-electron chi connectivity index (χ2n) is 2.68. The molecule has 34 valence electrons. The van der Waals surface area contributed by atoms with Crippen LogP contribution in [0.4, 0.5) is 0 Å². The minimum atomic E-state index is 1.01. The van der Waals surface area contributed by atoms with Gasteiger partial charge in [0.25, 0.3) is 0 Å². The van der Waals surface area contributed by atoms with Crippen molar-refractivity contribution in [1.29, 1.82) is 0 Å². The fourth-order valence-electron chi connectivity index (χ4n) is 1.74. The maximum absolute atomic E-state index is 2.34. The van der Waals surface area contributed by atoms with E-state index < -0.39 is 0 Å². The van der Waals surface area contributed by atoms with E-state index in [1.54, 1.807) is 5.57 Å². The first-order chi connectivity index (χ1) is 3.48. The lowest BCUT2D eigenvalue weighted by Gasteiger charge is -2.00. The lowest BCUT2D eigenvalue weighted by atomic mass is 10.1. The second-order valence-corrected chi connectivity index (χ2v) is 2.68. The predicted octanol–water partition coefficient (Wildman–Crippen LogP) is 1.36. The molecule has 0 heteroatoms. The Balaban J connectivity index is 2.30. The molecule has 0 spiro atoms. The number of hydrogen-bond donors (Lipinski definition) is 0. The standard InChI is InChI=1S/C7H6/c1-2-4-6-5(3-1)7(4)6/h1-4,6-7H. The minimum Gasteiger partial charge on any atom is -0.0802 e. The summed E-state index contributed by atoms with van der Waals surface area (Å²) in [5, 5.41) is 0. The Morgan fingerprint density at radius 3 is 2.43 bits per heavy atom. The highest BCUT2D eigenvalue weighted by atomic mass is 14.7. The molecule has 0 heterocycles. The molecule has 0 saturated heterocycles. The van der Waals surface area contributed by atoms with Gasteiger partial charge in [-0.15, -0.1) is 0 Å². The molecule has 0 aliphatic heterocycles. The minimum absolute atomic E-state index is 1.01. The Labute approximate surface area is 42.5 Å². The van der Waals surface area contributed by atoms with Crippen LogP contribution in [0.3, 0.4) is 0 Å². The second kappa shape index (κ2) is 0.525. The fraction of sp³-hybridized carbons (Fsp3) is 0.429. The van der Waals surface area contributed by atoms with Gasteiger partial charge in [0.1, 0.15) is 0 Å². The third kappa shape index (κ3) is 0.144. The molecule has 2 atom stereocenters. The molecule has 2 fully saturated rings. The highest BCUT2D eigenvalue weighted by Gasteiger charge is 2.68. The third-order valence-electron chi connectivity index (χ3n) is 2.36. The summed E-state index contributed by atoms with van der Waals surface area (Å²) in [5.74, 6) is 3.13. The Hall–Kier alpha value is -0.520. The molecule has 0 aromatic carbocycles. The summed E-state index contributed by atoms with van der Waals surface area (Å²) in [5.41, 5.74) is 1.73. The van der Waals surface area contributed by atoms with Gasteiger partial charge in [0.15, 0.2) is 0 Å². The van der Waals surface area contributed by atoms with Crippen molar-refractivity contribution in [3.05, 3.63) is 23.8 Å². The van der Waals surface area contributed by atoms with E-state index >= 15 is 0 Å². The average molecular weight is 90.1 g/mol. The molecule has 0 radical (unpaired) electrons. The molecule has 2 bridgehead atoms. The molecule has 0 aromatic heterocycles. The predicted molar refractivity (Wildman–Crippen MR) is 27.7 cm³/mol. The Kier molecular flexibility index (Phi) is 0.203. The SMILES string of the molecule is C1=CC2C3C(=C1)C23. The molecule has 2 saturated carbocycles. The van der Waals surface area contributed by atoms with Crippen molar-refractivity contribution in [3.63, 3.8) is 0 Å². The van der Waals surface area contributed by atoms with Crippen LogP contribution in [0.5, 0.6) is 0 Å². The monoisotopic (exact) mass is 90.0 g/mol. The van der Waals surface area contributed by atoms with Gasteiger partial charge in [-0.3, -0.25) is 0 Å². The molecular weight excluding hydrogens is 84.1 g/mol. The van der Waals surface area contributed by atoms with Crippen LogP contribution in [0.2, 0.25) is 0 Å². The summed E-state index contributed by atoms with van der Waals surface area (Å²) >= 11 is 0. The molecular formula is C7H6. The van der Waals surface area contributed by atoms with E-state index in [0.29, 0.717) is 0 Å². The highest BCUT2D eigenvalue weighted by molar-refractivity contribution is 5.53. The van der Waals surface area contributed by atoms with Crippen LogP contribution in [0, 0.1) is 17.8 Å². The van der Waals surface area contributed by atoms with E-state index in [1.807, 2.05) is 0 Å². The van der Waals surface area contributed by atoms with Crippen LogP contribution in [0.25, 0.3) is 0 Å². The average Bonchev–Trinajstić information content (AvgIpc) is 2.53. The van der Waals surface area contributed by atoms with Crippen LogP contribution in [0.15, 0.2) is 23.8 Å². The first-order valence-corrected chi connectivity index (χ1v) is 2.87. The molecule has 4 aliphatic rings. The number of rotatable bonds is 0. The first kappa shape index (κ1) is 2.71. The Morgan fingerprint density at radius 1 is 1.29 bits per heavy atom. The van der Waals surface area contributed by atoms with Gasteiger partial charge in [0.05, 0.1) is 0 Å². The summed E-state index contributed by atoms with van der Waals surface area (Å²) in [7, 11) is 0. The lowest BCUT2D eigenvalue weighted by molar-refractivity contribution is 0.855. The molecule has 0 N–H and O–H groups in total. The smallest absolute Gasteiger partial charge is 0.00561 e. The summed E-state index contributed by atoms with van der Waals surface area (Å²) in [6.45, 7) is 0. The molecule has 7 heavy (non-hydrogen) atoms. The van der Waals surface area contributed by atoms with Gasteiger partial charge in [0.2, 0.25) is 0 Å². The van der Waals surface area contributed by atoms with Gasteiger partial charge in [0, 0.05) is 0 Å². The number of hydrogen-bond acceptors (Lipinski definition) is 0. The molecule has 0 amide bonds. The third-order valence-corrected chi connectivity index (χ3v) is 2.36. The van der Waals surface area contributed by atoms with Gasteiger partial charge in [-0.25, -0.2) is 0 Å². The molecule has 0 aromatic rings. The normalized spacial score (nSPS) is 58.3. The van der Waals surface area contributed by atoms with Gasteiger partial charge in [-0.2, -0.15) is 0 Å². The first-order valence-electron chi connectivity index (χ1n) is 2.87. The van der Waals surface area contributed by atoms with E-state index in [4.69, 9.17) is 0 Å². The summed E-state index contributed by atoms with van der Waals surface area (Å²) in [6, 6.07) is 0. The quantitative estimate of drug-likeness (QED) is 0.421. The zero-order valence-corrected chi connectivity index (χ0v) is 3.96. The summed E-state index contributed by atoms with van der Waals surface area (Å²) in [4.78, 5) is 0. The van der Waals surface area contributed by atoms with Gasteiger partial charge in [-0.1, -0.05) is 23.8 Å². The van der Waals surface area contributed by atoms with Crippen LogP contribution in [0.1, 0.15) is 0 Å². The summed E-state index contributed by atoms with van der Waals surface area (Å²) in [6.07, 6.45) is 6.80. The van der Waals surface area contributed by atoms with Crippen LogP contribution >= 0.6 is 0 Å². The van der Waals surface area contributed by atoms with E-state index in [2.05, 4.69) is 18.2 Å². The molecule has 2 unspecified atom stereocenters. The van der Waals surface area contributed by atoms with Crippen molar-refractivity contribution in [2.24, 2.45) is 17.8 Å². The van der Waals surface area contributed by atoms with Crippen molar-refractivity contribution in [3.8, 4) is 0 Å². The largest absolute Gasteiger partial charge is 0.0802 e. The molecule has 0 nitrogen and oxygen atoms in total. The topological polar surface area (TPSA) is 0 Å². The highest BCUT2D eigenvalue weighted by Crippen LogP contribution is 2.74. The maximum Gasteiger partial charge on any atom is -0.00561 e. The summed E-state index contributed by atoms with van der Waals surface area (Å²) < 4.78 is 0. The lowest BCUT2D eigenvalue weighted by Crippen LogP contribution is -1.88. The van der Waals surface area contributed by atoms with Crippen molar-refractivity contribution >= 4 is 0 Å². The van der Waals surface area contributed by atoms with Crippen LogP contribution in [-0.4, -0.2) is 0 Å². The van der Waals surface area contributed by atoms with E-state index in [-0.39, 0.29) is 0 Å².